The van der Waals surface area contributed by atoms with E-state index in [1.54, 1.807) is 0 Å². The molecule has 1 heteroatoms. The van der Waals surface area contributed by atoms with Crippen LogP contribution in [0.25, 0.3) is 5.57 Å². The van der Waals surface area contributed by atoms with Gasteiger partial charge in [-0.1, -0.05) is 0 Å². The third kappa shape index (κ3) is 3.18. The number of hydrogen-bond donors (Lipinski definition) is 0. The summed E-state index contributed by atoms with van der Waals surface area (Å²) >= 11 is 0.403. The minimum absolute atomic E-state index is 0.336. The van der Waals surface area contributed by atoms with Gasteiger partial charge in [-0.15, -0.1) is 0 Å². The first-order valence-electron chi connectivity index (χ1n) is 7.60. The summed E-state index contributed by atoms with van der Waals surface area (Å²) in [5.41, 5.74) is 2.37. The van der Waals surface area contributed by atoms with Crippen molar-refractivity contribution < 1.29 is 2.74 Å². The van der Waals surface area contributed by atoms with Crippen molar-refractivity contribution in [3.63, 3.8) is 0 Å². The zero-order valence-electron chi connectivity index (χ0n) is 12.8. The molecule has 0 aliphatic heterocycles. The van der Waals surface area contributed by atoms with E-state index in [9.17, 15) is 0 Å². The van der Waals surface area contributed by atoms with Gasteiger partial charge in [-0.2, -0.15) is 0 Å². The van der Waals surface area contributed by atoms with Crippen LogP contribution in [0.4, 0.5) is 0 Å². The molecule has 0 amide bonds. The van der Waals surface area contributed by atoms with Gasteiger partial charge in [0.05, 0.1) is 0 Å². The van der Waals surface area contributed by atoms with Gasteiger partial charge in [0.2, 0.25) is 0 Å². The van der Waals surface area contributed by atoms with Crippen molar-refractivity contribution in [2.45, 2.75) is 18.1 Å². The first kappa shape index (κ1) is 10.5. The number of hydrogen-bond acceptors (Lipinski definition) is 0. The Morgan fingerprint density at radius 2 is 1.68 bits per heavy atom. The molecular formula is C18H18Se. The van der Waals surface area contributed by atoms with Crippen LogP contribution >= 0.6 is 0 Å². The van der Waals surface area contributed by atoms with Gasteiger partial charge in [-0.05, 0) is 0 Å². The van der Waals surface area contributed by atoms with E-state index in [-0.39, 0.29) is 0 Å². The average Bonchev–Trinajstić information content (AvgIpc) is 2.82. The van der Waals surface area contributed by atoms with Crippen molar-refractivity contribution in [1.29, 1.82) is 0 Å². The summed E-state index contributed by atoms with van der Waals surface area (Å²) in [5.74, 6) is 0.336. The van der Waals surface area contributed by atoms with Crippen molar-refractivity contribution in [2.75, 3.05) is 0 Å². The third-order valence-electron chi connectivity index (χ3n) is 3.36. The summed E-state index contributed by atoms with van der Waals surface area (Å²) in [7, 11) is 0. The second kappa shape index (κ2) is 6.23. The zero-order valence-corrected chi connectivity index (χ0v) is 12.5. The Hall–Kier alpha value is -1.30. The SMILES string of the molecule is [2H]C1([2H])C=C(c2ccccc2)C(C[Se]c2ccccc2)C1. The van der Waals surface area contributed by atoms with Crippen molar-refractivity contribution in [1.82, 2.24) is 0 Å². The zero-order chi connectivity index (χ0) is 14.7. The first-order valence-corrected chi connectivity index (χ1v) is 8.67. The summed E-state index contributed by atoms with van der Waals surface area (Å²) in [6.45, 7) is 0. The van der Waals surface area contributed by atoms with Gasteiger partial charge in [0.15, 0.2) is 0 Å². The molecule has 0 heterocycles. The maximum atomic E-state index is 8.08. The molecule has 3 rings (SSSR count). The van der Waals surface area contributed by atoms with E-state index in [0.29, 0.717) is 27.3 Å². The van der Waals surface area contributed by atoms with Crippen LogP contribution in [0.1, 0.15) is 21.1 Å². The standard InChI is InChI=1S/C18H18Se/c1-3-8-15(9-4-1)18-13-7-10-16(18)14-19-17-11-5-2-6-12-17/h1-6,8-9,11-13,16H,7,10,14H2/i7D2. The molecule has 19 heavy (non-hydrogen) atoms. The Kier molecular flexibility index (Phi) is 3.44. The summed E-state index contributed by atoms with van der Waals surface area (Å²) in [6.07, 6.45) is 1.29. The minimum atomic E-state index is -1.16. The van der Waals surface area contributed by atoms with Gasteiger partial charge >= 0.3 is 124 Å². The van der Waals surface area contributed by atoms with Crippen LogP contribution in [0.5, 0.6) is 0 Å². The summed E-state index contributed by atoms with van der Waals surface area (Å²) in [5, 5.41) is 1.07. The second-order valence-electron chi connectivity index (χ2n) is 4.69. The molecular weight excluding hydrogens is 295 g/mol. The molecule has 96 valence electrons. The molecule has 0 radical (unpaired) electrons. The Bertz CT molecular complexity index is 620. The first-order chi connectivity index (χ1) is 10.1. The number of allylic oxidation sites excluding steroid dienone is 2. The van der Waals surface area contributed by atoms with Crippen molar-refractivity contribution in [3.05, 3.63) is 72.3 Å². The third-order valence-corrected chi connectivity index (χ3v) is 5.83. The molecule has 0 aromatic heterocycles. The average molecular weight is 315 g/mol. The molecule has 0 saturated heterocycles. The second-order valence-corrected chi connectivity index (χ2v) is 6.99. The summed E-state index contributed by atoms with van der Waals surface area (Å²) < 4.78 is 17.5. The van der Waals surface area contributed by atoms with Crippen molar-refractivity contribution in [3.8, 4) is 0 Å². The van der Waals surface area contributed by atoms with Crippen LogP contribution in [-0.4, -0.2) is 15.0 Å². The summed E-state index contributed by atoms with van der Waals surface area (Å²) in [6, 6.07) is 20.8. The Morgan fingerprint density at radius 3 is 2.42 bits per heavy atom. The normalized spacial score (nSPS) is 22.5. The van der Waals surface area contributed by atoms with Crippen LogP contribution in [0, 0.1) is 5.92 Å². The molecule has 0 N–H and O–H groups in total. The van der Waals surface area contributed by atoms with E-state index in [2.05, 4.69) is 36.4 Å². The Morgan fingerprint density at radius 1 is 1.00 bits per heavy atom. The van der Waals surface area contributed by atoms with E-state index in [1.807, 2.05) is 30.3 Å². The van der Waals surface area contributed by atoms with Gasteiger partial charge < -0.3 is 0 Å². The molecule has 2 aromatic rings. The van der Waals surface area contributed by atoms with E-state index < -0.39 is 6.37 Å². The van der Waals surface area contributed by atoms with Crippen LogP contribution in [0.2, 0.25) is 5.32 Å². The number of rotatable bonds is 4. The fourth-order valence-electron chi connectivity index (χ4n) is 2.35. The maximum absolute atomic E-state index is 8.08. The summed E-state index contributed by atoms with van der Waals surface area (Å²) in [4.78, 5) is 0. The Labute approximate surface area is 124 Å². The molecule has 2 aromatic carbocycles. The van der Waals surface area contributed by atoms with Gasteiger partial charge in [0.1, 0.15) is 0 Å². The molecule has 0 bridgehead atoms. The topological polar surface area (TPSA) is 0 Å². The molecule has 0 nitrogen and oxygen atoms in total. The molecule has 1 aliphatic rings. The van der Waals surface area contributed by atoms with Gasteiger partial charge in [0, 0.05) is 0 Å². The van der Waals surface area contributed by atoms with Gasteiger partial charge in [-0.25, -0.2) is 0 Å². The molecule has 1 atom stereocenters. The predicted molar refractivity (Wildman–Crippen MR) is 83.8 cm³/mol. The fraction of sp³-hybridized carbons (Fsp3) is 0.222. The van der Waals surface area contributed by atoms with Gasteiger partial charge in [-0.3, -0.25) is 0 Å². The Balaban J connectivity index is 1.77. The molecule has 0 saturated carbocycles. The van der Waals surface area contributed by atoms with Crippen LogP contribution < -0.4 is 4.46 Å². The van der Waals surface area contributed by atoms with Gasteiger partial charge in [0.25, 0.3) is 0 Å². The molecule has 0 spiro atoms. The van der Waals surface area contributed by atoms with E-state index >= 15 is 0 Å². The van der Waals surface area contributed by atoms with Crippen molar-refractivity contribution >= 4 is 25.0 Å². The quantitative estimate of drug-likeness (QED) is 0.750. The van der Waals surface area contributed by atoms with E-state index in [0.717, 1.165) is 5.32 Å². The molecule has 0 fully saturated rings. The number of benzene rings is 2. The van der Waals surface area contributed by atoms with Crippen LogP contribution in [0.3, 0.4) is 0 Å². The van der Waals surface area contributed by atoms with E-state index in [4.69, 9.17) is 2.74 Å². The monoisotopic (exact) mass is 316 g/mol. The fourth-order valence-corrected chi connectivity index (χ4v) is 4.53. The molecule has 1 aliphatic carbocycles. The van der Waals surface area contributed by atoms with Crippen LogP contribution in [-0.2, 0) is 0 Å². The van der Waals surface area contributed by atoms with Crippen molar-refractivity contribution in [2.24, 2.45) is 5.92 Å². The molecule has 1 unspecified atom stereocenters. The van der Waals surface area contributed by atoms with E-state index in [1.165, 1.54) is 15.6 Å². The van der Waals surface area contributed by atoms with Crippen LogP contribution in [0.15, 0.2) is 66.7 Å². The predicted octanol–water partition coefficient (Wildman–Crippen LogP) is 3.93.